The Kier molecular flexibility index (Phi) is 5.95. The van der Waals surface area contributed by atoms with Crippen molar-refractivity contribution >= 4 is 17.7 Å². The molecule has 0 radical (unpaired) electrons. The summed E-state index contributed by atoms with van der Waals surface area (Å²) in [6.45, 7) is 0.712. The van der Waals surface area contributed by atoms with Gasteiger partial charge < -0.3 is 25.5 Å². The van der Waals surface area contributed by atoms with E-state index in [1.807, 2.05) is 0 Å². The smallest absolute Gasteiger partial charge is 0.306 e. The van der Waals surface area contributed by atoms with Gasteiger partial charge in [0, 0.05) is 37.1 Å². The average Bonchev–Trinajstić information content (AvgIpc) is 3.46. The van der Waals surface area contributed by atoms with E-state index < -0.39 is 6.04 Å². The zero-order valence-corrected chi connectivity index (χ0v) is 18.3. The van der Waals surface area contributed by atoms with Crippen molar-refractivity contribution < 1.29 is 18.7 Å². The highest BCUT2D eigenvalue weighted by molar-refractivity contribution is 5.82. The number of anilines is 1. The molecule has 1 aromatic carbocycles. The topological polar surface area (TPSA) is 135 Å². The minimum Gasteiger partial charge on any atom is -0.432 e. The van der Waals surface area contributed by atoms with Gasteiger partial charge in [0.05, 0.1) is 12.3 Å². The first-order valence-corrected chi connectivity index (χ1v) is 11.0. The molecule has 1 atom stereocenters. The van der Waals surface area contributed by atoms with Crippen molar-refractivity contribution in [2.24, 2.45) is 5.73 Å². The summed E-state index contributed by atoms with van der Waals surface area (Å²) in [6, 6.07) is 7.09. The molecule has 1 amide bonds. The maximum Gasteiger partial charge on any atom is 0.306 e. The molecule has 1 unspecified atom stereocenters. The van der Waals surface area contributed by atoms with Gasteiger partial charge in [-0.25, -0.2) is 14.4 Å². The molecule has 0 spiro atoms. The number of aliphatic hydroxyl groups is 1. The van der Waals surface area contributed by atoms with Crippen molar-refractivity contribution in [3.63, 3.8) is 0 Å². The molecule has 3 aromatic heterocycles. The molecule has 4 N–H and O–H groups in total. The summed E-state index contributed by atoms with van der Waals surface area (Å²) in [7, 11) is 0. The van der Waals surface area contributed by atoms with Gasteiger partial charge in [0.1, 0.15) is 29.5 Å². The number of nitrogens with one attached hydrogen (secondary N) is 1. The van der Waals surface area contributed by atoms with E-state index in [2.05, 4.69) is 15.3 Å². The van der Waals surface area contributed by atoms with Crippen LogP contribution in [0.25, 0.3) is 28.5 Å². The number of piperidine rings is 1. The quantitative estimate of drug-likeness (QED) is 0.393. The molecule has 5 rings (SSSR count). The summed E-state index contributed by atoms with van der Waals surface area (Å²) in [5.41, 5.74) is 8.35. The second-order valence-corrected chi connectivity index (χ2v) is 8.17. The van der Waals surface area contributed by atoms with Crippen molar-refractivity contribution in [1.29, 1.82) is 0 Å². The van der Waals surface area contributed by atoms with Crippen LogP contribution in [0.5, 0.6) is 0 Å². The molecule has 1 saturated heterocycles. The molecule has 0 aliphatic carbocycles. The van der Waals surface area contributed by atoms with Crippen LogP contribution in [0.3, 0.4) is 0 Å². The molecule has 1 fully saturated rings. The van der Waals surface area contributed by atoms with Gasteiger partial charge in [-0.3, -0.25) is 9.20 Å². The van der Waals surface area contributed by atoms with E-state index in [0.717, 1.165) is 5.56 Å². The number of carbonyl (C=O) groups is 1. The van der Waals surface area contributed by atoms with Crippen LogP contribution in [0.2, 0.25) is 0 Å². The third-order valence-electron chi connectivity index (χ3n) is 5.93. The monoisotopic (exact) mass is 465 g/mol. The van der Waals surface area contributed by atoms with E-state index in [0.29, 0.717) is 54.8 Å². The number of likely N-dealkylation sites (tertiary alicyclic amines) is 1. The van der Waals surface area contributed by atoms with Crippen LogP contribution in [0.1, 0.15) is 12.8 Å². The maximum absolute atomic E-state index is 13.5. The first-order chi connectivity index (χ1) is 16.5. The minimum absolute atomic E-state index is 0.0839. The number of aromatic nitrogens is 4. The predicted octanol–water partition coefficient (Wildman–Crippen LogP) is 1.91. The number of aliphatic hydroxyl groups excluding tert-OH is 1. The number of nitrogens with zero attached hydrogens (tertiary/aromatic N) is 5. The number of hydrogen-bond acceptors (Lipinski definition) is 8. The SMILES string of the molecule is NC(CO)C(=O)N1CCC(Nc2nccc(-c3c(-c4ccc(F)cc4)nc4occn34)n2)CC1. The highest BCUT2D eigenvalue weighted by Crippen LogP contribution is 2.32. The summed E-state index contributed by atoms with van der Waals surface area (Å²) < 4.78 is 20.7. The molecule has 0 saturated carbocycles. The van der Waals surface area contributed by atoms with E-state index in [9.17, 15) is 9.18 Å². The molecule has 0 bridgehead atoms. The lowest BCUT2D eigenvalue weighted by atomic mass is 10.0. The molecule has 176 valence electrons. The largest absolute Gasteiger partial charge is 0.432 e. The summed E-state index contributed by atoms with van der Waals surface area (Å²) in [5.74, 6) is 0.295. The number of nitrogens with two attached hydrogens (primary N) is 1. The molecule has 10 nitrogen and oxygen atoms in total. The summed E-state index contributed by atoms with van der Waals surface area (Å²) in [6.07, 6.45) is 6.37. The Morgan fingerprint density at radius 1 is 1.24 bits per heavy atom. The van der Waals surface area contributed by atoms with E-state index in [1.54, 1.807) is 46.2 Å². The Morgan fingerprint density at radius 3 is 2.74 bits per heavy atom. The molecular weight excluding hydrogens is 441 g/mol. The number of halogens is 1. The Hall–Kier alpha value is -3.83. The van der Waals surface area contributed by atoms with Gasteiger partial charge >= 0.3 is 5.84 Å². The number of amides is 1. The van der Waals surface area contributed by atoms with Crippen LogP contribution >= 0.6 is 0 Å². The second kappa shape index (κ2) is 9.20. The maximum atomic E-state index is 13.5. The lowest BCUT2D eigenvalue weighted by Gasteiger charge is -2.33. The van der Waals surface area contributed by atoms with Crippen LogP contribution in [0.4, 0.5) is 10.3 Å². The number of oxazole rings is 1. The molecule has 4 aromatic rings. The molecule has 34 heavy (non-hydrogen) atoms. The first-order valence-electron chi connectivity index (χ1n) is 11.0. The highest BCUT2D eigenvalue weighted by Gasteiger charge is 2.26. The number of imidazole rings is 1. The van der Waals surface area contributed by atoms with Gasteiger partial charge in [-0.15, -0.1) is 0 Å². The normalized spacial score (nSPS) is 15.6. The number of rotatable bonds is 6. The van der Waals surface area contributed by atoms with Gasteiger partial charge in [-0.2, -0.15) is 4.98 Å². The van der Waals surface area contributed by atoms with Crippen molar-refractivity contribution in [3.8, 4) is 22.6 Å². The van der Waals surface area contributed by atoms with Gasteiger partial charge in [0.25, 0.3) is 0 Å². The van der Waals surface area contributed by atoms with Crippen LogP contribution < -0.4 is 11.1 Å². The summed E-state index contributed by atoms with van der Waals surface area (Å²) >= 11 is 0. The zero-order chi connectivity index (χ0) is 23.7. The van der Waals surface area contributed by atoms with Gasteiger partial charge in [-0.05, 0) is 43.2 Å². The van der Waals surface area contributed by atoms with E-state index >= 15 is 0 Å². The van der Waals surface area contributed by atoms with Crippen molar-refractivity contribution in [2.45, 2.75) is 24.9 Å². The van der Waals surface area contributed by atoms with Crippen LogP contribution in [-0.2, 0) is 4.79 Å². The second-order valence-electron chi connectivity index (χ2n) is 8.17. The standard InChI is InChI=1S/C23H24FN7O3/c24-15-3-1-14(2-4-15)19-20(31-11-12-34-23(31)29-19)18-5-8-26-22(28-18)27-16-6-9-30(10-7-16)21(33)17(25)13-32/h1-5,8,11-12,16-17,32H,6-7,9-10,13,25H2,(H,26,27,28). The Labute approximate surface area is 194 Å². The highest BCUT2D eigenvalue weighted by atomic mass is 19.1. The minimum atomic E-state index is -0.879. The van der Waals surface area contributed by atoms with Gasteiger partial charge in [0.2, 0.25) is 11.9 Å². The number of benzene rings is 1. The van der Waals surface area contributed by atoms with Crippen molar-refractivity contribution in [3.05, 3.63) is 54.8 Å². The molecule has 11 heteroatoms. The third kappa shape index (κ3) is 4.22. The first kappa shape index (κ1) is 22.0. The third-order valence-corrected chi connectivity index (χ3v) is 5.93. The van der Waals surface area contributed by atoms with Gasteiger partial charge in [-0.1, -0.05) is 0 Å². The van der Waals surface area contributed by atoms with E-state index in [-0.39, 0.29) is 24.4 Å². The summed E-state index contributed by atoms with van der Waals surface area (Å²) in [5, 5.41) is 12.5. The van der Waals surface area contributed by atoms with Crippen LogP contribution in [-0.4, -0.2) is 67.0 Å². The number of carbonyl (C=O) groups excluding carboxylic acids is 1. The van der Waals surface area contributed by atoms with Gasteiger partial charge in [0.15, 0.2) is 0 Å². The fraction of sp³-hybridized carbons (Fsp3) is 0.304. The van der Waals surface area contributed by atoms with Crippen LogP contribution in [0.15, 0.2) is 53.4 Å². The Balaban J connectivity index is 1.37. The number of fused-ring (bicyclic) bond motifs is 1. The molecule has 1 aliphatic heterocycles. The van der Waals surface area contributed by atoms with Crippen molar-refractivity contribution in [1.82, 2.24) is 24.3 Å². The average molecular weight is 465 g/mol. The van der Waals surface area contributed by atoms with E-state index in [1.165, 1.54) is 12.1 Å². The van der Waals surface area contributed by atoms with Crippen molar-refractivity contribution in [2.75, 3.05) is 25.0 Å². The Morgan fingerprint density at radius 2 is 2.00 bits per heavy atom. The Bertz CT molecular complexity index is 1300. The summed E-state index contributed by atoms with van der Waals surface area (Å²) in [4.78, 5) is 27.5. The fourth-order valence-corrected chi connectivity index (χ4v) is 4.14. The molecular formula is C23H24FN7O3. The predicted molar refractivity (Wildman–Crippen MR) is 122 cm³/mol. The van der Waals surface area contributed by atoms with E-state index in [4.69, 9.17) is 20.2 Å². The van der Waals surface area contributed by atoms with Crippen LogP contribution in [0, 0.1) is 5.82 Å². The number of hydrogen-bond donors (Lipinski definition) is 3. The molecule has 4 heterocycles. The lowest BCUT2D eigenvalue weighted by Crippen LogP contribution is -2.50. The zero-order valence-electron chi connectivity index (χ0n) is 18.3. The lowest BCUT2D eigenvalue weighted by molar-refractivity contribution is -0.134. The molecule has 1 aliphatic rings. The fourth-order valence-electron chi connectivity index (χ4n) is 4.14.